The summed E-state index contributed by atoms with van der Waals surface area (Å²) in [5, 5.41) is 9.72. The molecule has 2 rings (SSSR count). The first-order chi connectivity index (χ1) is 9.10. The molecule has 2 atom stereocenters. The zero-order valence-corrected chi connectivity index (χ0v) is 12.2. The topological polar surface area (TPSA) is 32.7 Å². The van der Waals surface area contributed by atoms with Crippen LogP contribution in [0.5, 0.6) is 5.75 Å². The molecule has 1 aromatic rings. The number of nitrogens with zero attached hydrogens (tertiary/aromatic N) is 1. The zero-order valence-electron chi connectivity index (χ0n) is 12.2. The van der Waals surface area contributed by atoms with E-state index in [1.165, 1.54) is 12.0 Å². The molecule has 2 unspecified atom stereocenters. The van der Waals surface area contributed by atoms with Crippen molar-refractivity contribution < 1.29 is 9.84 Å². The van der Waals surface area contributed by atoms with E-state index in [9.17, 15) is 5.11 Å². The van der Waals surface area contributed by atoms with Gasteiger partial charge in [-0.3, -0.25) is 4.90 Å². The molecule has 1 aromatic carbocycles. The molecule has 0 radical (unpaired) electrons. The Kier molecular flexibility index (Phi) is 4.83. The van der Waals surface area contributed by atoms with E-state index in [1.54, 1.807) is 6.92 Å². The Hall–Kier alpha value is -1.06. The summed E-state index contributed by atoms with van der Waals surface area (Å²) in [6, 6.07) is 6.02. The van der Waals surface area contributed by atoms with Crippen LogP contribution in [-0.4, -0.2) is 29.7 Å². The van der Waals surface area contributed by atoms with Gasteiger partial charge in [0, 0.05) is 18.7 Å². The van der Waals surface area contributed by atoms with Crippen LogP contribution in [-0.2, 0) is 6.54 Å². The smallest absolute Gasteiger partial charge is 0.123 e. The largest absolute Gasteiger partial charge is 0.494 e. The first-order valence-corrected chi connectivity index (χ1v) is 7.26. The predicted molar refractivity (Wildman–Crippen MR) is 77.3 cm³/mol. The molecule has 1 heterocycles. The maximum atomic E-state index is 9.72. The van der Waals surface area contributed by atoms with Crippen LogP contribution in [0.15, 0.2) is 18.2 Å². The van der Waals surface area contributed by atoms with Gasteiger partial charge in [-0.25, -0.2) is 0 Å². The van der Waals surface area contributed by atoms with Gasteiger partial charge in [-0.05, 0) is 50.4 Å². The second-order valence-corrected chi connectivity index (χ2v) is 5.61. The minimum Gasteiger partial charge on any atom is -0.494 e. The summed E-state index contributed by atoms with van der Waals surface area (Å²) in [5.41, 5.74) is 2.15. The Morgan fingerprint density at radius 1 is 1.47 bits per heavy atom. The molecular formula is C16H25NO2. The molecule has 3 nitrogen and oxygen atoms in total. The predicted octanol–water partition coefficient (Wildman–Crippen LogP) is 2.98. The summed E-state index contributed by atoms with van der Waals surface area (Å²) >= 11 is 0. The van der Waals surface area contributed by atoms with Crippen molar-refractivity contribution in [2.45, 2.75) is 39.8 Å². The lowest BCUT2D eigenvalue weighted by molar-refractivity contribution is 0.198. The van der Waals surface area contributed by atoms with E-state index >= 15 is 0 Å². The SMILES string of the molecule is CCOc1ccc(C(C)O)cc1CN1CCC(C)C1. The van der Waals surface area contributed by atoms with E-state index in [0.717, 1.165) is 36.9 Å². The molecule has 0 amide bonds. The van der Waals surface area contributed by atoms with Crippen LogP contribution in [0.25, 0.3) is 0 Å². The fourth-order valence-corrected chi connectivity index (χ4v) is 2.69. The van der Waals surface area contributed by atoms with Gasteiger partial charge >= 0.3 is 0 Å². The number of likely N-dealkylation sites (tertiary alicyclic amines) is 1. The van der Waals surface area contributed by atoms with Crippen molar-refractivity contribution in [1.29, 1.82) is 0 Å². The summed E-state index contributed by atoms with van der Waals surface area (Å²) in [6.07, 6.45) is 0.854. The fraction of sp³-hybridized carbons (Fsp3) is 0.625. The highest BCUT2D eigenvalue weighted by atomic mass is 16.5. The maximum Gasteiger partial charge on any atom is 0.123 e. The van der Waals surface area contributed by atoms with Crippen molar-refractivity contribution in [3.05, 3.63) is 29.3 Å². The molecule has 1 saturated heterocycles. The zero-order chi connectivity index (χ0) is 13.8. The van der Waals surface area contributed by atoms with Gasteiger partial charge in [0.05, 0.1) is 12.7 Å². The molecule has 0 aromatic heterocycles. The minimum absolute atomic E-state index is 0.424. The first-order valence-electron chi connectivity index (χ1n) is 7.26. The third-order valence-electron chi connectivity index (χ3n) is 3.77. The van der Waals surface area contributed by atoms with E-state index in [1.807, 2.05) is 19.1 Å². The number of aliphatic hydroxyl groups excluding tert-OH is 1. The summed E-state index contributed by atoms with van der Waals surface area (Å²) in [6.45, 7) is 10.0. The molecule has 1 aliphatic heterocycles. The second kappa shape index (κ2) is 6.40. The molecule has 0 saturated carbocycles. The molecule has 1 aliphatic rings. The van der Waals surface area contributed by atoms with Crippen LogP contribution in [0.4, 0.5) is 0 Å². The Balaban J connectivity index is 2.17. The van der Waals surface area contributed by atoms with Crippen molar-refractivity contribution in [2.24, 2.45) is 5.92 Å². The highest BCUT2D eigenvalue weighted by Crippen LogP contribution is 2.27. The van der Waals surface area contributed by atoms with Gasteiger partial charge in [0.1, 0.15) is 5.75 Å². The molecule has 0 aliphatic carbocycles. The van der Waals surface area contributed by atoms with Gasteiger partial charge in [-0.1, -0.05) is 13.0 Å². The summed E-state index contributed by atoms with van der Waals surface area (Å²) in [7, 11) is 0. The molecule has 0 spiro atoms. The van der Waals surface area contributed by atoms with Crippen LogP contribution < -0.4 is 4.74 Å². The van der Waals surface area contributed by atoms with E-state index in [-0.39, 0.29) is 0 Å². The van der Waals surface area contributed by atoms with Crippen LogP contribution in [0.1, 0.15) is 44.4 Å². The Bertz CT molecular complexity index is 417. The number of benzene rings is 1. The molecule has 1 N–H and O–H groups in total. The van der Waals surface area contributed by atoms with Crippen LogP contribution in [0.3, 0.4) is 0 Å². The maximum absolute atomic E-state index is 9.72. The quantitative estimate of drug-likeness (QED) is 0.886. The lowest BCUT2D eigenvalue weighted by Crippen LogP contribution is -2.20. The highest BCUT2D eigenvalue weighted by Gasteiger charge is 2.20. The van der Waals surface area contributed by atoms with Gasteiger partial charge in [-0.2, -0.15) is 0 Å². The third kappa shape index (κ3) is 3.71. The van der Waals surface area contributed by atoms with Gasteiger partial charge < -0.3 is 9.84 Å². The van der Waals surface area contributed by atoms with E-state index in [2.05, 4.69) is 17.9 Å². The number of ether oxygens (including phenoxy) is 1. The fourth-order valence-electron chi connectivity index (χ4n) is 2.69. The number of hydrogen-bond donors (Lipinski definition) is 1. The molecule has 3 heteroatoms. The van der Waals surface area contributed by atoms with Crippen molar-refractivity contribution >= 4 is 0 Å². The van der Waals surface area contributed by atoms with Crippen molar-refractivity contribution in [2.75, 3.05) is 19.7 Å². The van der Waals surface area contributed by atoms with Crippen molar-refractivity contribution in [3.8, 4) is 5.75 Å². The van der Waals surface area contributed by atoms with Gasteiger partial charge in [0.15, 0.2) is 0 Å². The average molecular weight is 263 g/mol. The summed E-state index contributed by atoms with van der Waals surface area (Å²) in [5.74, 6) is 1.74. The normalized spacial score (nSPS) is 21.6. The Morgan fingerprint density at radius 2 is 2.26 bits per heavy atom. The first kappa shape index (κ1) is 14.4. The molecule has 1 fully saturated rings. The van der Waals surface area contributed by atoms with E-state index in [4.69, 9.17) is 4.74 Å². The van der Waals surface area contributed by atoms with E-state index in [0.29, 0.717) is 6.61 Å². The lowest BCUT2D eigenvalue weighted by Gasteiger charge is -2.19. The van der Waals surface area contributed by atoms with Crippen LogP contribution >= 0.6 is 0 Å². The summed E-state index contributed by atoms with van der Waals surface area (Å²) in [4.78, 5) is 2.47. The second-order valence-electron chi connectivity index (χ2n) is 5.61. The molecule has 0 bridgehead atoms. The lowest BCUT2D eigenvalue weighted by atomic mass is 10.1. The van der Waals surface area contributed by atoms with Gasteiger partial charge in [0.2, 0.25) is 0 Å². The standard InChI is InChI=1S/C16H25NO2/c1-4-19-16-6-5-14(13(3)18)9-15(16)11-17-8-7-12(2)10-17/h5-6,9,12-13,18H,4,7-8,10-11H2,1-3H3. The van der Waals surface area contributed by atoms with Gasteiger partial charge in [0.25, 0.3) is 0 Å². The number of rotatable bonds is 5. The van der Waals surface area contributed by atoms with Crippen molar-refractivity contribution in [3.63, 3.8) is 0 Å². The summed E-state index contributed by atoms with van der Waals surface area (Å²) < 4.78 is 5.70. The van der Waals surface area contributed by atoms with Crippen LogP contribution in [0.2, 0.25) is 0 Å². The third-order valence-corrected chi connectivity index (χ3v) is 3.77. The Morgan fingerprint density at radius 3 is 2.84 bits per heavy atom. The Labute approximate surface area is 116 Å². The molecular weight excluding hydrogens is 238 g/mol. The van der Waals surface area contributed by atoms with Gasteiger partial charge in [-0.15, -0.1) is 0 Å². The monoisotopic (exact) mass is 263 g/mol. The van der Waals surface area contributed by atoms with Crippen LogP contribution in [0, 0.1) is 5.92 Å². The molecule has 19 heavy (non-hydrogen) atoms. The highest BCUT2D eigenvalue weighted by molar-refractivity contribution is 5.38. The van der Waals surface area contributed by atoms with E-state index < -0.39 is 6.10 Å². The average Bonchev–Trinajstić information content (AvgIpc) is 2.77. The molecule has 106 valence electrons. The minimum atomic E-state index is -0.424. The number of aliphatic hydroxyl groups is 1. The number of hydrogen-bond acceptors (Lipinski definition) is 3. The van der Waals surface area contributed by atoms with Crippen molar-refractivity contribution in [1.82, 2.24) is 4.90 Å².